The van der Waals surface area contributed by atoms with Gasteiger partial charge in [-0.25, -0.2) is 8.78 Å². The minimum Gasteiger partial charge on any atom is -0.384 e. The van der Waals surface area contributed by atoms with Gasteiger partial charge in [0.25, 0.3) is 5.91 Å². The molecule has 0 spiro atoms. The first-order valence-corrected chi connectivity index (χ1v) is 6.71. The van der Waals surface area contributed by atoms with Crippen LogP contribution in [0.3, 0.4) is 0 Å². The van der Waals surface area contributed by atoms with Gasteiger partial charge in [0, 0.05) is 12.2 Å². The molecule has 2 aromatic carbocycles. The van der Waals surface area contributed by atoms with E-state index in [1.807, 2.05) is 6.92 Å². The molecule has 110 valence electrons. The van der Waals surface area contributed by atoms with Crippen molar-refractivity contribution in [2.75, 3.05) is 17.2 Å². The molecule has 0 aliphatic rings. The molecule has 2 rings (SSSR count). The van der Waals surface area contributed by atoms with Gasteiger partial charge in [0.1, 0.15) is 17.3 Å². The maximum Gasteiger partial charge on any atom is 0.257 e. The second-order valence-corrected chi connectivity index (χ2v) is 4.52. The highest BCUT2D eigenvalue weighted by Crippen LogP contribution is 2.21. The number of anilines is 2. The SMILES string of the molecule is CCCNc1ccccc1C(=O)Nc1c(F)cccc1F. The van der Waals surface area contributed by atoms with Crippen LogP contribution in [0.5, 0.6) is 0 Å². The van der Waals surface area contributed by atoms with E-state index in [2.05, 4.69) is 10.6 Å². The van der Waals surface area contributed by atoms with E-state index in [0.29, 0.717) is 17.8 Å². The van der Waals surface area contributed by atoms with Crippen molar-refractivity contribution in [2.24, 2.45) is 0 Å². The average Bonchev–Trinajstić information content (AvgIpc) is 2.49. The third-order valence-corrected chi connectivity index (χ3v) is 2.94. The fraction of sp³-hybridized carbons (Fsp3) is 0.188. The lowest BCUT2D eigenvalue weighted by Gasteiger charge is -2.12. The summed E-state index contributed by atoms with van der Waals surface area (Å²) in [5.41, 5.74) is 0.537. The largest absolute Gasteiger partial charge is 0.384 e. The van der Waals surface area contributed by atoms with E-state index in [1.54, 1.807) is 24.3 Å². The number of para-hydroxylation sites is 2. The zero-order valence-corrected chi connectivity index (χ0v) is 11.6. The predicted molar refractivity (Wildman–Crippen MR) is 79.5 cm³/mol. The summed E-state index contributed by atoms with van der Waals surface area (Å²) in [5, 5.41) is 5.39. The van der Waals surface area contributed by atoms with Crippen molar-refractivity contribution in [3.63, 3.8) is 0 Å². The van der Waals surface area contributed by atoms with Gasteiger partial charge in [-0.2, -0.15) is 0 Å². The summed E-state index contributed by atoms with van der Waals surface area (Å²) < 4.78 is 27.1. The Balaban J connectivity index is 2.25. The summed E-state index contributed by atoms with van der Waals surface area (Å²) in [6.45, 7) is 2.71. The Bertz CT molecular complexity index is 624. The fourth-order valence-electron chi connectivity index (χ4n) is 1.89. The van der Waals surface area contributed by atoms with Crippen molar-refractivity contribution < 1.29 is 13.6 Å². The van der Waals surface area contributed by atoms with Gasteiger partial charge in [-0.1, -0.05) is 25.1 Å². The van der Waals surface area contributed by atoms with E-state index >= 15 is 0 Å². The van der Waals surface area contributed by atoms with E-state index in [4.69, 9.17) is 0 Å². The summed E-state index contributed by atoms with van der Waals surface area (Å²) >= 11 is 0. The van der Waals surface area contributed by atoms with E-state index < -0.39 is 23.2 Å². The molecule has 2 N–H and O–H groups in total. The van der Waals surface area contributed by atoms with Crippen molar-refractivity contribution in [1.82, 2.24) is 0 Å². The van der Waals surface area contributed by atoms with E-state index in [0.717, 1.165) is 18.6 Å². The van der Waals surface area contributed by atoms with E-state index in [9.17, 15) is 13.6 Å². The Hall–Kier alpha value is -2.43. The molecule has 0 aliphatic heterocycles. The molecule has 0 unspecified atom stereocenters. The lowest BCUT2D eigenvalue weighted by molar-refractivity contribution is 0.102. The Morgan fingerprint density at radius 2 is 1.71 bits per heavy atom. The van der Waals surface area contributed by atoms with Gasteiger partial charge in [-0.15, -0.1) is 0 Å². The first-order chi connectivity index (χ1) is 10.1. The number of rotatable bonds is 5. The van der Waals surface area contributed by atoms with Gasteiger partial charge in [0.05, 0.1) is 5.56 Å². The number of hydrogen-bond donors (Lipinski definition) is 2. The number of nitrogens with one attached hydrogen (secondary N) is 2. The molecule has 0 heterocycles. The van der Waals surface area contributed by atoms with E-state index in [1.165, 1.54) is 6.07 Å². The van der Waals surface area contributed by atoms with Crippen molar-refractivity contribution >= 4 is 17.3 Å². The molecule has 1 amide bonds. The van der Waals surface area contributed by atoms with Crippen LogP contribution < -0.4 is 10.6 Å². The first kappa shape index (κ1) is 15.0. The van der Waals surface area contributed by atoms with Crippen LogP contribution in [0.2, 0.25) is 0 Å². The number of carbonyl (C=O) groups is 1. The van der Waals surface area contributed by atoms with Gasteiger partial charge < -0.3 is 10.6 Å². The van der Waals surface area contributed by atoms with Crippen LogP contribution >= 0.6 is 0 Å². The van der Waals surface area contributed by atoms with Crippen LogP contribution in [-0.2, 0) is 0 Å². The summed E-state index contributed by atoms with van der Waals surface area (Å²) in [7, 11) is 0. The molecule has 2 aromatic rings. The standard InChI is InChI=1S/C16H16F2N2O/c1-2-10-19-14-9-4-3-6-11(14)16(21)20-15-12(17)7-5-8-13(15)18/h3-9,19H,2,10H2,1H3,(H,20,21). The molecule has 0 fully saturated rings. The molecule has 0 saturated heterocycles. The van der Waals surface area contributed by atoms with Crippen LogP contribution in [0.4, 0.5) is 20.2 Å². The Labute approximate surface area is 122 Å². The highest BCUT2D eigenvalue weighted by Gasteiger charge is 2.15. The maximum atomic E-state index is 13.6. The number of benzene rings is 2. The van der Waals surface area contributed by atoms with Gasteiger partial charge in [-0.05, 0) is 30.7 Å². The third kappa shape index (κ3) is 3.56. The number of halogens is 2. The second kappa shape index (κ2) is 6.83. The molecule has 0 atom stereocenters. The van der Waals surface area contributed by atoms with Gasteiger partial charge in [0.15, 0.2) is 0 Å². The van der Waals surface area contributed by atoms with Crippen molar-refractivity contribution in [3.8, 4) is 0 Å². The lowest BCUT2D eigenvalue weighted by Crippen LogP contribution is -2.16. The fourth-order valence-corrected chi connectivity index (χ4v) is 1.89. The molecule has 0 aliphatic carbocycles. The van der Waals surface area contributed by atoms with Crippen LogP contribution in [0.25, 0.3) is 0 Å². The monoisotopic (exact) mass is 290 g/mol. The molecule has 3 nitrogen and oxygen atoms in total. The van der Waals surface area contributed by atoms with Crippen LogP contribution in [-0.4, -0.2) is 12.5 Å². The van der Waals surface area contributed by atoms with Crippen molar-refractivity contribution in [3.05, 3.63) is 59.7 Å². The second-order valence-electron chi connectivity index (χ2n) is 4.52. The molecule has 0 aromatic heterocycles. The molecule has 0 saturated carbocycles. The van der Waals surface area contributed by atoms with Crippen LogP contribution in [0, 0.1) is 11.6 Å². The Morgan fingerprint density at radius 1 is 1.05 bits per heavy atom. The van der Waals surface area contributed by atoms with Crippen LogP contribution in [0.15, 0.2) is 42.5 Å². The Kier molecular flexibility index (Phi) is 4.87. The lowest BCUT2D eigenvalue weighted by atomic mass is 10.1. The minimum atomic E-state index is -0.803. The zero-order chi connectivity index (χ0) is 15.2. The predicted octanol–water partition coefficient (Wildman–Crippen LogP) is 4.04. The van der Waals surface area contributed by atoms with Crippen molar-refractivity contribution in [1.29, 1.82) is 0 Å². The smallest absolute Gasteiger partial charge is 0.257 e. The first-order valence-electron chi connectivity index (χ1n) is 6.71. The maximum absolute atomic E-state index is 13.6. The zero-order valence-electron chi connectivity index (χ0n) is 11.6. The highest BCUT2D eigenvalue weighted by molar-refractivity contribution is 6.08. The molecule has 5 heteroatoms. The van der Waals surface area contributed by atoms with Gasteiger partial charge >= 0.3 is 0 Å². The quantitative estimate of drug-likeness (QED) is 0.872. The summed E-state index contributed by atoms with van der Waals surface area (Å²) in [4.78, 5) is 12.2. The van der Waals surface area contributed by atoms with E-state index in [-0.39, 0.29) is 0 Å². The number of hydrogen-bond acceptors (Lipinski definition) is 2. The van der Waals surface area contributed by atoms with Gasteiger partial charge in [0.2, 0.25) is 0 Å². The number of amides is 1. The minimum absolute atomic E-state index is 0.341. The summed E-state index contributed by atoms with van der Waals surface area (Å²) in [6, 6.07) is 10.3. The van der Waals surface area contributed by atoms with Crippen molar-refractivity contribution in [2.45, 2.75) is 13.3 Å². The molecule has 0 radical (unpaired) electrons. The normalized spacial score (nSPS) is 10.2. The molecule has 0 bridgehead atoms. The third-order valence-electron chi connectivity index (χ3n) is 2.94. The Morgan fingerprint density at radius 3 is 2.38 bits per heavy atom. The summed E-state index contributed by atoms with van der Waals surface area (Å²) in [5.74, 6) is -2.16. The average molecular weight is 290 g/mol. The molecule has 21 heavy (non-hydrogen) atoms. The van der Waals surface area contributed by atoms with Gasteiger partial charge in [-0.3, -0.25) is 4.79 Å². The summed E-state index contributed by atoms with van der Waals surface area (Å²) in [6.07, 6.45) is 0.901. The molecular weight excluding hydrogens is 274 g/mol. The highest BCUT2D eigenvalue weighted by atomic mass is 19.1. The van der Waals surface area contributed by atoms with Crippen LogP contribution in [0.1, 0.15) is 23.7 Å². The topological polar surface area (TPSA) is 41.1 Å². The number of carbonyl (C=O) groups excluding carboxylic acids is 1. The molecular formula is C16H16F2N2O.